The van der Waals surface area contributed by atoms with Gasteiger partial charge in [0.05, 0.1) is 11.2 Å². The molecule has 6 rings (SSSR count). The summed E-state index contributed by atoms with van der Waals surface area (Å²) < 4.78 is 36.9. The molecule has 0 atom stereocenters. The maximum atomic E-state index is 6.21. The lowest BCUT2D eigenvalue weighted by molar-refractivity contribution is 0.00578. The van der Waals surface area contributed by atoms with Gasteiger partial charge in [0.25, 0.3) is 0 Å². The Labute approximate surface area is 259 Å². The highest BCUT2D eigenvalue weighted by Gasteiger charge is 2.51. The quantitative estimate of drug-likeness (QED) is 0.152. The summed E-state index contributed by atoms with van der Waals surface area (Å²) in [5.41, 5.74) is 1.18. The van der Waals surface area contributed by atoms with Crippen molar-refractivity contribution in [3.63, 3.8) is 0 Å². The maximum Gasteiger partial charge on any atom is 0.494 e. The van der Waals surface area contributed by atoms with E-state index in [4.69, 9.17) is 28.3 Å². The van der Waals surface area contributed by atoms with Crippen LogP contribution in [0.1, 0.15) is 33.3 Å². The first-order valence-corrected chi connectivity index (χ1v) is 14.7. The minimum absolute atomic E-state index is 0.413. The van der Waals surface area contributed by atoms with E-state index in [2.05, 4.69) is 0 Å². The van der Waals surface area contributed by atoms with E-state index in [0.29, 0.717) is 41.1 Å². The highest BCUT2D eigenvalue weighted by Crippen LogP contribution is 2.37. The van der Waals surface area contributed by atoms with E-state index in [-0.39, 0.29) is 0 Å². The zero-order chi connectivity index (χ0) is 30.6. The summed E-state index contributed by atoms with van der Waals surface area (Å²) in [4.78, 5) is 0. The number of benzene rings is 5. The molecule has 0 spiro atoms. The zero-order valence-electron chi connectivity index (χ0n) is 25.4. The second kappa shape index (κ2) is 12.5. The average molecular weight is 586 g/mol. The number of hydrogen-bond donors (Lipinski definition) is 0. The average Bonchev–Trinajstić information content (AvgIpc) is 3.23. The Balaban J connectivity index is 1.09. The summed E-state index contributed by atoms with van der Waals surface area (Å²) in [7, 11) is -0.461. The van der Waals surface area contributed by atoms with Crippen LogP contribution in [-0.4, -0.2) is 18.3 Å². The molecule has 0 aliphatic carbocycles. The highest BCUT2D eigenvalue weighted by atomic mass is 16.7. The molecule has 5 aromatic rings. The van der Waals surface area contributed by atoms with Crippen molar-refractivity contribution < 1.29 is 28.3 Å². The van der Waals surface area contributed by atoms with Gasteiger partial charge in [-0.05, 0) is 87.3 Å². The standard InChI is InChI=1S/C37H35BO6/c1-36(2)37(3,4)44-38(43-36)28-14-8-16-30(22-28)40-32-18-10-20-34(24-32)42-35-21-11-19-33(25-35)41-31-17-9-15-29(23-31)39-26-27-12-6-5-7-13-27/h5-25H,26H2,1-4H3. The fourth-order valence-electron chi connectivity index (χ4n) is 4.68. The zero-order valence-corrected chi connectivity index (χ0v) is 25.4. The minimum atomic E-state index is -0.461. The maximum absolute atomic E-state index is 6.21. The molecule has 5 aromatic carbocycles. The van der Waals surface area contributed by atoms with E-state index in [1.807, 2.05) is 155 Å². The van der Waals surface area contributed by atoms with Crippen LogP contribution in [0, 0.1) is 0 Å². The first kappa shape index (κ1) is 29.4. The molecule has 0 radical (unpaired) electrons. The number of rotatable bonds is 10. The van der Waals surface area contributed by atoms with Gasteiger partial charge < -0.3 is 28.3 Å². The van der Waals surface area contributed by atoms with Crippen molar-refractivity contribution in [3.05, 3.63) is 133 Å². The van der Waals surface area contributed by atoms with Crippen LogP contribution < -0.4 is 24.4 Å². The van der Waals surface area contributed by atoms with E-state index in [0.717, 1.165) is 16.8 Å². The molecule has 1 fully saturated rings. The molecule has 1 aliphatic heterocycles. The van der Waals surface area contributed by atoms with Crippen LogP contribution in [-0.2, 0) is 15.9 Å². The first-order valence-electron chi connectivity index (χ1n) is 14.7. The molecule has 0 aromatic heterocycles. The third-order valence-corrected chi connectivity index (χ3v) is 7.76. The Hall–Kier alpha value is -4.72. The molecule has 0 saturated carbocycles. The predicted octanol–water partition coefficient (Wildman–Crippen LogP) is 8.94. The summed E-state index contributed by atoms with van der Waals surface area (Å²) in [5.74, 6) is 4.66. The van der Waals surface area contributed by atoms with Gasteiger partial charge in [0.15, 0.2) is 0 Å². The topological polar surface area (TPSA) is 55.4 Å². The van der Waals surface area contributed by atoms with Crippen molar-refractivity contribution in [1.82, 2.24) is 0 Å². The van der Waals surface area contributed by atoms with Crippen LogP contribution in [0.5, 0.6) is 40.2 Å². The van der Waals surface area contributed by atoms with Gasteiger partial charge in [0.1, 0.15) is 46.9 Å². The van der Waals surface area contributed by atoms with Gasteiger partial charge in [-0.15, -0.1) is 0 Å². The van der Waals surface area contributed by atoms with Crippen molar-refractivity contribution in [2.24, 2.45) is 0 Å². The van der Waals surface area contributed by atoms with Gasteiger partial charge in [-0.25, -0.2) is 0 Å². The normalized spacial score (nSPS) is 15.0. The lowest BCUT2D eigenvalue weighted by Crippen LogP contribution is -2.41. The predicted molar refractivity (Wildman–Crippen MR) is 172 cm³/mol. The van der Waals surface area contributed by atoms with Gasteiger partial charge in [0.2, 0.25) is 0 Å². The minimum Gasteiger partial charge on any atom is -0.489 e. The molecular formula is C37H35BO6. The van der Waals surface area contributed by atoms with E-state index >= 15 is 0 Å². The smallest absolute Gasteiger partial charge is 0.489 e. The molecule has 0 unspecified atom stereocenters. The molecular weight excluding hydrogens is 551 g/mol. The molecule has 0 amide bonds. The van der Waals surface area contributed by atoms with Crippen LogP contribution >= 0.6 is 0 Å². The van der Waals surface area contributed by atoms with E-state index in [1.165, 1.54) is 0 Å². The lowest BCUT2D eigenvalue weighted by atomic mass is 9.79. The second-order valence-electron chi connectivity index (χ2n) is 11.7. The highest BCUT2D eigenvalue weighted by molar-refractivity contribution is 6.62. The van der Waals surface area contributed by atoms with Crippen LogP contribution in [0.4, 0.5) is 0 Å². The Kier molecular flexibility index (Phi) is 8.33. The summed E-state index contributed by atoms with van der Waals surface area (Å²) >= 11 is 0. The van der Waals surface area contributed by atoms with Crippen molar-refractivity contribution in [2.45, 2.75) is 45.5 Å². The molecule has 222 valence electrons. The van der Waals surface area contributed by atoms with Gasteiger partial charge in [-0.3, -0.25) is 0 Å². The molecule has 6 nitrogen and oxygen atoms in total. The number of ether oxygens (including phenoxy) is 4. The molecule has 1 saturated heterocycles. The summed E-state index contributed by atoms with van der Waals surface area (Å²) in [5, 5.41) is 0. The molecule has 44 heavy (non-hydrogen) atoms. The van der Waals surface area contributed by atoms with Crippen LogP contribution in [0.3, 0.4) is 0 Å². The van der Waals surface area contributed by atoms with Gasteiger partial charge in [0, 0.05) is 18.2 Å². The van der Waals surface area contributed by atoms with Crippen LogP contribution in [0.25, 0.3) is 0 Å². The largest absolute Gasteiger partial charge is 0.494 e. The number of hydrogen-bond acceptors (Lipinski definition) is 6. The van der Waals surface area contributed by atoms with Crippen molar-refractivity contribution in [3.8, 4) is 40.2 Å². The van der Waals surface area contributed by atoms with Crippen molar-refractivity contribution in [2.75, 3.05) is 0 Å². The van der Waals surface area contributed by atoms with E-state index in [9.17, 15) is 0 Å². The summed E-state index contributed by atoms with van der Waals surface area (Å²) in [6.45, 7) is 8.66. The second-order valence-corrected chi connectivity index (χ2v) is 11.7. The van der Waals surface area contributed by atoms with Crippen LogP contribution in [0.15, 0.2) is 127 Å². The van der Waals surface area contributed by atoms with Crippen LogP contribution in [0.2, 0.25) is 0 Å². The Morgan fingerprint density at radius 3 is 1.39 bits per heavy atom. The summed E-state index contributed by atoms with van der Waals surface area (Å²) in [6, 6.07) is 40.4. The first-order chi connectivity index (χ1) is 21.2. The van der Waals surface area contributed by atoms with E-state index in [1.54, 1.807) is 0 Å². The lowest BCUT2D eigenvalue weighted by Gasteiger charge is -2.32. The monoisotopic (exact) mass is 586 g/mol. The molecule has 7 heteroatoms. The SMILES string of the molecule is CC1(C)OB(c2cccc(Oc3cccc(Oc4cccc(Oc5cccc(OCc6ccccc6)c5)c4)c3)c2)OC1(C)C. The molecule has 1 aliphatic rings. The molecule has 0 bridgehead atoms. The van der Waals surface area contributed by atoms with Gasteiger partial charge in [-0.2, -0.15) is 0 Å². The van der Waals surface area contributed by atoms with E-state index < -0.39 is 18.3 Å². The molecule has 0 N–H and O–H groups in total. The Morgan fingerprint density at radius 1 is 0.477 bits per heavy atom. The van der Waals surface area contributed by atoms with Gasteiger partial charge in [-0.1, -0.05) is 60.7 Å². The third kappa shape index (κ3) is 7.08. The van der Waals surface area contributed by atoms with Crippen molar-refractivity contribution >= 4 is 12.6 Å². The Morgan fingerprint density at radius 2 is 0.886 bits per heavy atom. The Bertz CT molecular complexity index is 1700. The van der Waals surface area contributed by atoms with Gasteiger partial charge >= 0.3 is 7.12 Å². The summed E-state index contributed by atoms with van der Waals surface area (Å²) in [6.07, 6.45) is 0. The fourth-order valence-corrected chi connectivity index (χ4v) is 4.68. The fraction of sp³-hybridized carbons (Fsp3) is 0.189. The van der Waals surface area contributed by atoms with Crippen molar-refractivity contribution in [1.29, 1.82) is 0 Å². The third-order valence-electron chi connectivity index (χ3n) is 7.76. The molecule has 1 heterocycles.